The molecule has 6 heterocycles. The van der Waals surface area contributed by atoms with Gasteiger partial charge in [-0.2, -0.15) is 0 Å². The molecule has 14 heteroatoms. The van der Waals surface area contributed by atoms with Crippen molar-refractivity contribution in [2.75, 3.05) is 40.3 Å². The minimum absolute atomic E-state index is 0. The molecular formula is C47H56N8O6. The maximum absolute atomic E-state index is 12.8. The van der Waals surface area contributed by atoms with Crippen molar-refractivity contribution < 1.29 is 29.4 Å². The van der Waals surface area contributed by atoms with Crippen molar-refractivity contribution in [3.63, 3.8) is 0 Å². The van der Waals surface area contributed by atoms with E-state index in [4.69, 9.17) is 10.7 Å². The summed E-state index contributed by atoms with van der Waals surface area (Å²) in [5.41, 5.74) is 10.4. The number of ketones is 3. The van der Waals surface area contributed by atoms with Gasteiger partial charge in [0, 0.05) is 76.3 Å². The van der Waals surface area contributed by atoms with E-state index < -0.39 is 17.6 Å². The molecule has 2 aliphatic rings. The molecule has 0 radical (unpaired) electrons. The molecule has 5 N–H and O–H groups in total. The fourth-order valence-electron chi connectivity index (χ4n) is 7.45. The second-order valence-electron chi connectivity index (χ2n) is 15.5. The van der Waals surface area contributed by atoms with Gasteiger partial charge in [0.15, 0.2) is 23.2 Å². The van der Waals surface area contributed by atoms with Crippen LogP contribution >= 0.6 is 0 Å². The molecule has 0 spiro atoms. The van der Waals surface area contributed by atoms with Crippen molar-refractivity contribution in [3.8, 4) is 11.8 Å². The number of nitrogens with two attached hydrogens (primary N) is 1. The SMILES string of the molecule is C.CC(=O)c1ccc2[nH]c(O)c(C(=NC3CCN(C)CC3)c3ccncc3)c2c1.CC(=O)c1ccc2c(c1)c(C(=O)c1ccncc1)c(O)n2C(C)=O.CN1CCC(N)CC1. The summed E-state index contributed by atoms with van der Waals surface area (Å²) in [6, 6.07) is 17.6. The van der Waals surface area contributed by atoms with Gasteiger partial charge < -0.3 is 30.7 Å². The number of piperidine rings is 2. The maximum atomic E-state index is 12.8. The third kappa shape index (κ3) is 10.7. The Bertz CT molecular complexity index is 2520. The van der Waals surface area contributed by atoms with Gasteiger partial charge in [0.05, 0.1) is 28.4 Å². The molecule has 6 aromatic rings. The van der Waals surface area contributed by atoms with Crippen LogP contribution < -0.4 is 5.73 Å². The number of Topliss-reactive ketones (excluding diaryl/α,β-unsaturated/α-hetero) is 2. The number of benzene rings is 2. The zero-order chi connectivity index (χ0) is 43.1. The summed E-state index contributed by atoms with van der Waals surface area (Å²) in [6.07, 6.45) is 10.7. The van der Waals surface area contributed by atoms with Crippen LogP contribution in [0.4, 0.5) is 0 Å². The molecule has 2 aliphatic heterocycles. The Balaban J connectivity index is 0.000000194. The Morgan fingerprint density at radius 3 is 1.72 bits per heavy atom. The topological polar surface area (TPSA) is 200 Å². The number of likely N-dealkylation sites (tertiary alicyclic amines) is 2. The minimum Gasteiger partial charge on any atom is -0.494 e. The van der Waals surface area contributed by atoms with Crippen molar-refractivity contribution in [2.24, 2.45) is 10.7 Å². The van der Waals surface area contributed by atoms with Crippen molar-refractivity contribution in [1.29, 1.82) is 0 Å². The first-order chi connectivity index (χ1) is 28.7. The molecule has 0 aliphatic carbocycles. The molecule has 2 aromatic carbocycles. The van der Waals surface area contributed by atoms with Gasteiger partial charge in [-0.05, 0) is 140 Å². The summed E-state index contributed by atoms with van der Waals surface area (Å²) >= 11 is 0. The second-order valence-corrected chi connectivity index (χ2v) is 15.5. The molecule has 8 rings (SSSR count). The van der Waals surface area contributed by atoms with Crippen LogP contribution in [-0.2, 0) is 0 Å². The van der Waals surface area contributed by atoms with E-state index in [1.54, 1.807) is 37.5 Å². The summed E-state index contributed by atoms with van der Waals surface area (Å²) < 4.78 is 1.06. The zero-order valence-corrected chi connectivity index (χ0v) is 34.7. The van der Waals surface area contributed by atoms with E-state index >= 15 is 0 Å². The summed E-state index contributed by atoms with van der Waals surface area (Å²) in [7, 11) is 4.27. The van der Waals surface area contributed by atoms with Crippen LogP contribution in [0.5, 0.6) is 11.8 Å². The number of aromatic amines is 1. The molecule has 14 nitrogen and oxygen atoms in total. The van der Waals surface area contributed by atoms with Crippen LogP contribution in [0.1, 0.15) is 106 Å². The van der Waals surface area contributed by atoms with Crippen LogP contribution in [0, 0.1) is 0 Å². The molecule has 0 atom stereocenters. The number of H-pyrrole nitrogens is 1. The zero-order valence-electron chi connectivity index (χ0n) is 34.7. The van der Waals surface area contributed by atoms with Crippen LogP contribution in [0.2, 0.25) is 0 Å². The molecule has 2 saturated heterocycles. The minimum atomic E-state index is -0.444. The lowest BCUT2D eigenvalue weighted by molar-refractivity contribution is 0.0931. The van der Waals surface area contributed by atoms with Gasteiger partial charge in [0.25, 0.3) is 0 Å². The molecule has 0 bridgehead atoms. The van der Waals surface area contributed by atoms with E-state index in [0.29, 0.717) is 39.2 Å². The molecule has 0 unspecified atom stereocenters. The number of rotatable bonds is 7. The largest absolute Gasteiger partial charge is 0.494 e. The van der Waals surface area contributed by atoms with Gasteiger partial charge in [-0.15, -0.1) is 0 Å². The average molecular weight is 829 g/mol. The third-order valence-corrected chi connectivity index (χ3v) is 11.0. The lowest BCUT2D eigenvalue weighted by Gasteiger charge is -2.27. The third-order valence-electron chi connectivity index (χ3n) is 11.0. The summed E-state index contributed by atoms with van der Waals surface area (Å²) in [5.74, 6) is -1.41. The molecule has 4 aromatic heterocycles. The molecule has 320 valence electrons. The van der Waals surface area contributed by atoms with Crippen LogP contribution in [0.3, 0.4) is 0 Å². The van der Waals surface area contributed by atoms with E-state index in [1.807, 2.05) is 24.3 Å². The van der Waals surface area contributed by atoms with Gasteiger partial charge in [0.2, 0.25) is 11.8 Å². The van der Waals surface area contributed by atoms with Gasteiger partial charge in [0.1, 0.15) is 0 Å². The van der Waals surface area contributed by atoms with E-state index in [2.05, 4.69) is 38.8 Å². The van der Waals surface area contributed by atoms with E-state index in [0.717, 1.165) is 52.7 Å². The first-order valence-electron chi connectivity index (χ1n) is 20.0. The number of nitrogens with zero attached hydrogens (tertiary/aromatic N) is 6. The van der Waals surface area contributed by atoms with Crippen molar-refractivity contribution in [1.82, 2.24) is 29.3 Å². The highest BCUT2D eigenvalue weighted by molar-refractivity contribution is 6.22. The van der Waals surface area contributed by atoms with Gasteiger partial charge in [-0.3, -0.25) is 38.7 Å². The molecule has 61 heavy (non-hydrogen) atoms. The summed E-state index contributed by atoms with van der Waals surface area (Å²) in [4.78, 5) is 68.9. The Kier molecular flexibility index (Phi) is 15.2. The Hall–Kier alpha value is -6.35. The van der Waals surface area contributed by atoms with E-state index in [-0.39, 0.29) is 36.5 Å². The number of aromatic nitrogens is 4. The second kappa shape index (κ2) is 20.3. The first kappa shape index (κ1) is 45.7. The Labute approximate surface area is 356 Å². The fourth-order valence-corrected chi connectivity index (χ4v) is 7.45. The normalized spacial score (nSPS) is 15.3. The lowest BCUT2D eigenvalue weighted by atomic mass is 9.98. The number of hydrogen-bond donors (Lipinski definition) is 4. The molecular weight excluding hydrogens is 773 g/mol. The fraction of sp³-hybridized carbons (Fsp3) is 0.340. The number of aromatic hydroxyl groups is 2. The molecule has 0 amide bonds. The van der Waals surface area contributed by atoms with E-state index in [9.17, 15) is 29.4 Å². The number of hydrogen-bond acceptors (Lipinski definition) is 12. The average Bonchev–Trinajstić information content (AvgIpc) is 3.73. The number of aliphatic imine (C=N–C) groups is 1. The number of fused-ring (bicyclic) bond motifs is 2. The Morgan fingerprint density at radius 1 is 0.689 bits per heavy atom. The highest BCUT2D eigenvalue weighted by Crippen LogP contribution is 2.35. The number of pyridine rings is 2. The number of nitrogens with one attached hydrogen (secondary N) is 1. The first-order valence-corrected chi connectivity index (χ1v) is 20.0. The highest BCUT2D eigenvalue weighted by Gasteiger charge is 2.26. The smallest absolute Gasteiger partial charge is 0.230 e. The molecule has 0 saturated carbocycles. The van der Waals surface area contributed by atoms with Gasteiger partial charge >= 0.3 is 0 Å². The van der Waals surface area contributed by atoms with Crippen molar-refractivity contribution in [3.05, 3.63) is 119 Å². The predicted octanol–water partition coefficient (Wildman–Crippen LogP) is 6.91. The molecule has 2 fully saturated rings. The maximum Gasteiger partial charge on any atom is 0.230 e. The van der Waals surface area contributed by atoms with Crippen molar-refractivity contribution in [2.45, 2.75) is 66.0 Å². The quantitative estimate of drug-likeness (QED) is 0.0963. The monoisotopic (exact) mass is 828 g/mol. The standard InChI is InChI=1S/C22H24N4O2.C18H14N2O4.C6H14N2.CH4/c1-14(27)16-3-4-19-18(13-16)20(22(28)25-19)21(15-5-9-23-10-6-15)24-17-7-11-26(2)12-8-17;1-10(21)13-3-4-15-14(9-13)16(18(24)20(15)11(2)22)17(23)12-5-7-19-8-6-12;1-8-4-2-6(7)3-5-8;/h3-6,9-10,13,17,25,28H,7-8,11-12H2,1-2H3;3-9,24H,1-2H3;6H,2-5,7H2,1H3;1H4. The van der Waals surface area contributed by atoms with Gasteiger partial charge in [-0.25, -0.2) is 0 Å². The predicted molar refractivity (Wildman–Crippen MR) is 239 cm³/mol. The summed E-state index contributed by atoms with van der Waals surface area (Å²) in [6.45, 7) is 8.62. The lowest BCUT2D eigenvalue weighted by Crippen LogP contribution is -2.37. The van der Waals surface area contributed by atoms with Crippen LogP contribution in [0.15, 0.2) is 90.4 Å². The summed E-state index contributed by atoms with van der Waals surface area (Å²) in [5, 5.41) is 22.3. The Morgan fingerprint density at radius 2 is 1.20 bits per heavy atom. The number of carbonyl (C=O) groups excluding carboxylic acids is 4. The number of carbonyl (C=O) groups is 4. The van der Waals surface area contributed by atoms with Crippen molar-refractivity contribution >= 4 is 50.8 Å². The van der Waals surface area contributed by atoms with Gasteiger partial charge in [-0.1, -0.05) is 7.43 Å². The van der Waals surface area contributed by atoms with E-state index in [1.165, 1.54) is 70.4 Å². The van der Waals surface area contributed by atoms with Crippen LogP contribution in [-0.4, -0.2) is 121 Å². The highest BCUT2D eigenvalue weighted by atomic mass is 16.3. The van der Waals surface area contributed by atoms with Crippen LogP contribution in [0.25, 0.3) is 21.8 Å².